The lowest BCUT2D eigenvalue weighted by molar-refractivity contribution is -0.192. The maximum Gasteiger partial charge on any atom is 0.490 e. The van der Waals surface area contributed by atoms with Crippen molar-refractivity contribution in [3.63, 3.8) is 0 Å². The van der Waals surface area contributed by atoms with E-state index in [0.717, 1.165) is 5.06 Å². The number of nitrogens with zero attached hydrogens (tertiary/aromatic N) is 1. The van der Waals surface area contributed by atoms with Crippen molar-refractivity contribution in [2.45, 2.75) is 26.6 Å². The Hall–Kier alpha value is -2.82. The molecule has 0 aliphatic carbocycles. The average molecular weight is 366 g/mol. The molecule has 0 saturated heterocycles. The maximum atomic E-state index is 11.3. The first kappa shape index (κ1) is 22.2. The number of aromatic carboxylic acids is 1. The molecule has 0 fully saturated rings. The number of carboxylic acids is 2. The van der Waals surface area contributed by atoms with E-state index in [-0.39, 0.29) is 18.0 Å². The summed E-state index contributed by atoms with van der Waals surface area (Å²) in [5, 5.41) is 17.3. The number of alkyl halides is 3. The topological polar surface area (TPSA) is 130 Å². The summed E-state index contributed by atoms with van der Waals surface area (Å²) >= 11 is 0. The van der Waals surface area contributed by atoms with Gasteiger partial charge in [-0.3, -0.25) is 9.63 Å². The van der Waals surface area contributed by atoms with Gasteiger partial charge in [0, 0.05) is 12.6 Å². The number of benzene rings is 1. The Morgan fingerprint density at radius 3 is 2.12 bits per heavy atom. The Morgan fingerprint density at radius 2 is 1.76 bits per heavy atom. The third kappa shape index (κ3) is 8.01. The van der Waals surface area contributed by atoms with Gasteiger partial charge in [-0.15, -0.1) is 0 Å². The molecule has 140 valence electrons. The van der Waals surface area contributed by atoms with E-state index in [9.17, 15) is 22.8 Å². The molecule has 0 radical (unpaired) electrons. The summed E-state index contributed by atoms with van der Waals surface area (Å²) in [7, 11) is 0. The van der Waals surface area contributed by atoms with Crippen LogP contribution in [0.1, 0.15) is 29.8 Å². The van der Waals surface area contributed by atoms with Gasteiger partial charge in [-0.25, -0.2) is 14.7 Å². The second-order valence-corrected chi connectivity index (χ2v) is 4.50. The summed E-state index contributed by atoms with van der Waals surface area (Å²) in [6.45, 7) is 3.47. The number of aliphatic carboxylic acids is 1. The maximum absolute atomic E-state index is 11.3. The molecule has 0 saturated carbocycles. The molecule has 11 heteroatoms. The van der Waals surface area contributed by atoms with Crippen LogP contribution in [0.4, 0.5) is 18.9 Å². The first-order valence-electron chi connectivity index (χ1n) is 6.72. The fraction of sp³-hybridized carbons (Fsp3) is 0.357. The molecule has 1 rings (SSSR count). The number of carbonyl (C=O) groups is 3. The van der Waals surface area contributed by atoms with Gasteiger partial charge in [-0.1, -0.05) is 0 Å². The molecule has 0 aliphatic heterocycles. The van der Waals surface area contributed by atoms with Crippen molar-refractivity contribution in [3.8, 4) is 0 Å². The number of rotatable bonds is 5. The molecule has 1 aromatic carbocycles. The molecular weight excluding hydrogens is 349 g/mol. The van der Waals surface area contributed by atoms with E-state index in [1.165, 1.54) is 25.1 Å². The standard InChI is InChI=1S/C12H16N2O4.C2HF3O2/c1-3-18-14(8(2)15)7-9-6-10(13)4-5-11(9)12(16)17;3-2(4,5)1(6)7/h4-6H,3,7,13H2,1-2H3,(H,16,17);(H,6,7). The normalized spacial score (nSPS) is 10.4. The van der Waals surface area contributed by atoms with Crippen LogP contribution in [0.15, 0.2) is 18.2 Å². The summed E-state index contributed by atoms with van der Waals surface area (Å²) in [4.78, 5) is 36.4. The van der Waals surface area contributed by atoms with E-state index in [1.54, 1.807) is 6.92 Å². The minimum atomic E-state index is -5.08. The molecule has 4 N–H and O–H groups in total. The summed E-state index contributed by atoms with van der Waals surface area (Å²) in [5.41, 5.74) is 6.60. The van der Waals surface area contributed by atoms with E-state index >= 15 is 0 Å². The quantitative estimate of drug-likeness (QED) is 0.536. The lowest BCUT2D eigenvalue weighted by Crippen LogP contribution is -2.29. The van der Waals surface area contributed by atoms with Crippen LogP contribution in [-0.4, -0.2) is 45.9 Å². The van der Waals surface area contributed by atoms with Gasteiger partial charge >= 0.3 is 18.1 Å². The second kappa shape index (κ2) is 9.47. The number of anilines is 1. The van der Waals surface area contributed by atoms with Crippen molar-refractivity contribution in [1.82, 2.24) is 5.06 Å². The SMILES string of the molecule is CCON(Cc1cc(N)ccc1C(=O)O)C(C)=O.O=C(O)C(F)(F)F. The van der Waals surface area contributed by atoms with Gasteiger partial charge in [0.2, 0.25) is 5.91 Å². The van der Waals surface area contributed by atoms with Crippen LogP contribution in [0.2, 0.25) is 0 Å². The monoisotopic (exact) mass is 366 g/mol. The number of nitrogens with two attached hydrogens (primary N) is 1. The molecule has 0 spiro atoms. The Balaban J connectivity index is 0.000000697. The van der Waals surface area contributed by atoms with Crippen LogP contribution >= 0.6 is 0 Å². The molecular formula is C14H17F3N2O6. The van der Waals surface area contributed by atoms with Crippen LogP contribution in [0.3, 0.4) is 0 Å². The fourth-order valence-electron chi connectivity index (χ4n) is 1.51. The van der Waals surface area contributed by atoms with Gasteiger partial charge in [-0.2, -0.15) is 13.2 Å². The fourth-order valence-corrected chi connectivity index (χ4v) is 1.51. The smallest absolute Gasteiger partial charge is 0.478 e. The lowest BCUT2D eigenvalue weighted by Gasteiger charge is -2.20. The van der Waals surface area contributed by atoms with Gasteiger partial charge in [0.05, 0.1) is 18.7 Å². The zero-order chi connectivity index (χ0) is 19.8. The van der Waals surface area contributed by atoms with E-state index < -0.39 is 18.1 Å². The van der Waals surface area contributed by atoms with Crippen molar-refractivity contribution < 1.29 is 42.6 Å². The van der Waals surface area contributed by atoms with E-state index in [0.29, 0.717) is 17.9 Å². The molecule has 0 aliphatic rings. The Kier molecular flexibility index (Phi) is 8.40. The number of carbonyl (C=O) groups excluding carboxylic acids is 1. The molecule has 1 amide bonds. The van der Waals surface area contributed by atoms with Crippen LogP contribution in [0, 0.1) is 0 Å². The predicted molar refractivity (Wildman–Crippen MR) is 79.4 cm³/mol. The van der Waals surface area contributed by atoms with Crippen molar-refractivity contribution in [1.29, 1.82) is 0 Å². The van der Waals surface area contributed by atoms with Gasteiger partial charge in [0.15, 0.2) is 0 Å². The molecule has 8 nitrogen and oxygen atoms in total. The zero-order valence-corrected chi connectivity index (χ0v) is 13.3. The molecule has 25 heavy (non-hydrogen) atoms. The van der Waals surface area contributed by atoms with E-state index in [2.05, 4.69) is 0 Å². The molecule has 0 atom stereocenters. The molecule has 0 bridgehead atoms. The highest BCUT2D eigenvalue weighted by Crippen LogP contribution is 2.16. The van der Waals surface area contributed by atoms with Crippen LogP contribution < -0.4 is 5.73 Å². The number of hydroxylamine groups is 2. The number of hydrogen-bond acceptors (Lipinski definition) is 5. The summed E-state index contributed by atoms with van der Waals surface area (Å²) in [5.74, 6) is -4.12. The third-order valence-corrected chi connectivity index (χ3v) is 2.55. The second-order valence-electron chi connectivity index (χ2n) is 4.50. The number of amides is 1. The summed E-state index contributed by atoms with van der Waals surface area (Å²) < 4.78 is 31.7. The number of hydrogen-bond donors (Lipinski definition) is 3. The largest absolute Gasteiger partial charge is 0.490 e. The lowest BCUT2D eigenvalue weighted by atomic mass is 10.1. The molecule has 0 heterocycles. The molecule has 1 aromatic rings. The Labute approximate surface area is 140 Å². The van der Waals surface area contributed by atoms with Gasteiger partial charge in [0.1, 0.15) is 0 Å². The first-order valence-corrected chi connectivity index (χ1v) is 6.72. The minimum Gasteiger partial charge on any atom is -0.478 e. The first-order chi connectivity index (χ1) is 11.4. The number of halogens is 3. The Bertz CT molecular complexity index is 633. The molecule has 0 aromatic heterocycles. The van der Waals surface area contributed by atoms with Crippen molar-refractivity contribution >= 4 is 23.5 Å². The van der Waals surface area contributed by atoms with Crippen molar-refractivity contribution in [2.24, 2.45) is 0 Å². The highest BCUT2D eigenvalue weighted by Gasteiger charge is 2.38. The van der Waals surface area contributed by atoms with Crippen molar-refractivity contribution in [3.05, 3.63) is 29.3 Å². The number of nitrogen functional groups attached to an aromatic ring is 1. The van der Waals surface area contributed by atoms with Gasteiger partial charge in [-0.05, 0) is 30.7 Å². The molecule has 0 unspecified atom stereocenters. The van der Waals surface area contributed by atoms with Gasteiger partial charge in [0.25, 0.3) is 0 Å². The highest BCUT2D eigenvalue weighted by atomic mass is 19.4. The Morgan fingerprint density at radius 1 is 1.24 bits per heavy atom. The highest BCUT2D eigenvalue weighted by molar-refractivity contribution is 5.90. The van der Waals surface area contributed by atoms with Crippen molar-refractivity contribution in [2.75, 3.05) is 12.3 Å². The summed E-state index contributed by atoms with van der Waals surface area (Å²) in [6.07, 6.45) is -5.08. The predicted octanol–water partition coefficient (Wildman–Crippen LogP) is 1.90. The van der Waals surface area contributed by atoms with Crippen LogP contribution in [-0.2, 0) is 21.0 Å². The van der Waals surface area contributed by atoms with Crippen LogP contribution in [0.25, 0.3) is 0 Å². The minimum absolute atomic E-state index is 0.0514. The van der Waals surface area contributed by atoms with E-state index in [1.807, 2.05) is 0 Å². The summed E-state index contributed by atoms with van der Waals surface area (Å²) in [6, 6.07) is 4.45. The van der Waals surface area contributed by atoms with Crippen LogP contribution in [0.5, 0.6) is 0 Å². The zero-order valence-electron chi connectivity index (χ0n) is 13.3. The van der Waals surface area contributed by atoms with E-state index in [4.69, 9.17) is 25.6 Å². The van der Waals surface area contributed by atoms with Gasteiger partial charge < -0.3 is 15.9 Å². The third-order valence-electron chi connectivity index (χ3n) is 2.55. The average Bonchev–Trinajstić information content (AvgIpc) is 2.46. The number of carboxylic acid groups (broad SMARTS) is 2.